The van der Waals surface area contributed by atoms with Crippen molar-refractivity contribution in [2.75, 3.05) is 0 Å². The van der Waals surface area contributed by atoms with Gasteiger partial charge in [0.1, 0.15) is 5.52 Å². The first-order chi connectivity index (χ1) is 11.7. The highest BCUT2D eigenvalue weighted by Gasteiger charge is 2.12. The lowest BCUT2D eigenvalue weighted by atomic mass is 10.1. The van der Waals surface area contributed by atoms with Gasteiger partial charge in [-0.05, 0) is 30.7 Å². The van der Waals surface area contributed by atoms with Crippen LogP contribution >= 0.6 is 0 Å². The fourth-order valence-electron chi connectivity index (χ4n) is 2.59. The Morgan fingerprint density at radius 3 is 2.58 bits per heavy atom. The molecule has 0 radical (unpaired) electrons. The first kappa shape index (κ1) is 14.6. The Morgan fingerprint density at radius 1 is 0.958 bits per heavy atom. The van der Waals surface area contributed by atoms with E-state index in [-0.39, 0.29) is 0 Å². The summed E-state index contributed by atoms with van der Waals surface area (Å²) in [7, 11) is 0. The number of nitrogens with zero attached hydrogens (tertiary/aromatic N) is 3. The molecule has 0 spiro atoms. The maximum Gasteiger partial charge on any atom is 0.231 e. The monoisotopic (exact) mass is 319 g/mol. The summed E-state index contributed by atoms with van der Waals surface area (Å²) in [6.45, 7) is 4.08. The number of oxazole rings is 1. The Bertz CT molecular complexity index is 983. The predicted molar refractivity (Wildman–Crippen MR) is 90.7 cm³/mol. The van der Waals surface area contributed by atoms with E-state index in [9.17, 15) is 0 Å². The molecule has 0 saturated heterocycles. The minimum atomic E-state index is 0.570. The molecule has 0 aliphatic carbocycles. The third kappa shape index (κ3) is 2.80. The summed E-state index contributed by atoms with van der Waals surface area (Å²) in [5.74, 6) is 1.90. The number of rotatable bonds is 4. The third-order valence-electron chi connectivity index (χ3n) is 3.94. The summed E-state index contributed by atoms with van der Waals surface area (Å²) >= 11 is 0. The average molecular weight is 319 g/mol. The normalized spacial score (nSPS) is 11.2. The molecule has 0 amide bonds. The smallest absolute Gasteiger partial charge is 0.231 e. The van der Waals surface area contributed by atoms with Gasteiger partial charge in [0, 0.05) is 12.0 Å². The maximum atomic E-state index is 5.63. The highest BCUT2D eigenvalue weighted by Crippen LogP contribution is 2.23. The van der Waals surface area contributed by atoms with Crippen LogP contribution in [0.3, 0.4) is 0 Å². The van der Waals surface area contributed by atoms with Crippen LogP contribution in [-0.2, 0) is 12.8 Å². The van der Waals surface area contributed by atoms with Crippen LogP contribution in [0.2, 0.25) is 0 Å². The molecule has 0 aliphatic rings. The Morgan fingerprint density at radius 2 is 1.79 bits per heavy atom. The molecule has 0 saturated carbocycles. The van der Waals surface area contributed by atoms with E-state index in [0.717, 1.165) is 34.5 Å². The van der Waals surface area contributed by atoms with Gasteiger partial charge in [0.2, 0.25) is 11.7 Å². The Kier molecular flexibility index (Phi) is 3.61. The number of aryl methyl sites for hydroxylation is 2. The first-order valence-corrected chi connectivity index (χ1v) is 7.99. The number of hydrogen-bond donors (Lipinski definition) is 0. The molecule has 0 fully saturated rings. The van der Waals surface area contributed by atoms with E-state index in [2.05, 4.69) is 46.3 Å². The molecule has 2 aromatic carbocycles. The van der Waals surface area contributed by atoms with E-state index in [4.69, 9.17) is 8.94 Å². The highest BCUT2D eigenvalue weighted by molar-refractivity contribution is 5.78. The molecule has 2 aromatic heterocycles. The molecule has 0 bridgehead atoms. The Balaban J connectivity index is 1.60. The summed E-state index contributed by atoms with van der Waals surface area (Å²) in [6, 6.07) is 14.1. The molecule has 4 rings (SSSR count). The lowest BCUT2D eigenvalue weighted by Gasteiger charge is -1.97. The van der Waals surface area contributed by atoms with Gasteiger partial charge >= 0.3 is 0 Å². The van der Waals surface area contributed by atoms with E-state index in [0.29, 0.717) is 18.1 Å². The zero-order valence-electron chi connectivity index (χ0n) is 13.6. The van der Waals surface area contributed by atoms with Crippen LogP contribution in [-0.4, -0.2) is 15.1 Å². The fourth-order valence-corrected chi connectivity index (χ4v) is 2.59. The van der Waals surface area contributed by atoms with Crippen LogP contribution in [0, 0.1) is 6.92 Å². The quantitative estimate of drug-likeness (QED) is 0.560. The van der Waals surface area contributed by atoms with E-state index < -0.39 is 0 Å². The molecule has 0 unspecified atom stereocenters. The fraction of sp³-hybridized carbons (Fsp3) is 0.211. The number of aromatic nitrogens is 3. The molecule has 0 atom stereocenters. The minimum Gasteiger partial charge on any atom is -0.441 e. The van der Waals surface area contributed by atoms with E-state index in [1.54, 1.807) is 0 Å². The summed E-state index contributed by atoms with van der Waals surface area (Å²) in [5, 5.41) is 4.09. The Hall–Kier alpha value is -2.95. The van der Waals surface area contributed by atoms with Crippen molar-refractivity contribution in [2.24, 2.45) is 0 Å². The molecule has 5 nitrogen and oxygen atoms in total. The van der Waals surface area contributed by atoms with Gasteiger partial charge in [-0.1, -0.05) is 41.9 Å². The van der Waals surface area contributed by atoms with Crippen LogP contribution in [0.4, 0.5) is 0 Å². The highest BCUT2D eigenvalue weighted by atomic mass is 16.5. The number of hydrogen-bond acceptors (Lipinski definition) is 5. The molecule has 0 N–H and O–H groups in total. The third-order valence-corrected chi connectivity index (χ3v) is 3.94. The summed E-state index contributed by atoms with van der Waals surface area (Å²) in [4.78, 5) is 8.94. The molecular formula is C19H17N3O2. The van der Waals surface area contributed by atoms with Crippen molar-refractivity contribution in [3.63, 3.8) is 0 Å². The van der Waals surface area contributed by atoms with Crippen LogP contribution in [0.5, 0.6) is 0 Å². The summed E-state index contributed by atoms with van der Waals surface area (Å²) in [6.07, 6.45) is 1.40. The van der Waals surface area contributed by atoms with Gasteiger partial charge in [-0.2, -0.15) is 4.98 Å². The van der Waals surface area contributed by atoms with Gasteiger partial charge in [-0.25, -0.2) is 4.98 Å². The standard InChI is InChI=1S/C19H17N3O2/c1-3-17-20-15-11-14(8-9-16(15)23-17)19-21-18(24-22-19)10-13-6-4-12(2)5-7-13/h4-9,11H,3,10H2,1-2H3. The molecule has 4 aromatic rings. The van der Waals surface area contributed by atoms with E-state index in [1.807, 2.05) is 25.1 Å². The van der Waals surface area contributed by atoms with E-state index in [1.165, 1.54) is 5.56 Å². The van der Waals surface area contributed by atoms with Crippen molar-refractivity contribution >= 4 is 11.1 Å². The van der Waals surface area contributed by atoms with Gasteiger partial charge < -0.3 is 8.94 Å². The van der Waals surface area contributed by atoms with Gasteiger partial charge in [0.05, 0.1) is 6.42 Å². The second kappa shape index (κ2) is 5.92. The summed E-state index contributed by atoms with van der Waals surface area (Å²) < 4.78 is 11.0. The maximum absolute atomic E-state index is 5.63. The van der Waals surface area contributed by atoms with Crippen molar-refractivity contribution in [1.29, 1.82) is 0 Å². The number of benzene rings is 2. The molecule has 2 heterocycles. The second-order valence-electron chi connectivity index (χ2n) is 5.82. The van der Waals surface area contributed by atoms with Crippen LogP contribution < -0.4 is 0 Å². The van der Waals surface area contributed by atoms with Crippen molar-refractivity contribution < 1.29 is 8.94 Å². The Labute approximate surface area is 139 Å². The van der Waals surface area contributed by atoms with Crippen molar-refractivity contribution in [3.8, 4) is 11.4 Å². The lowest BCUT2D eigenvalue weighted by molar-refractivity contribution is 0.385. The van der Waals surface area contributed by atoms with Crippen molar-refractivity contribution in [1.82, 2.24) is 15.1 Å². The van der Waals surface area contributed by atoms with E-state index >= 15 is 0 Å². The van der Waals surface area contributed by atoms with Crippen LogP contribution in [0.1, 0.15) is 29.8 Å². The van der Waals surface area contributed by atoms with Gasteiger partial charge in [-0.3, -0.25) is 0 Å². The minimum absolute atomic E-state index is 0.570. The molecule has 0 aliphatic heterocycles. The average Bonchev–Trinajstić information content (AvgIpc) is 3.22. The zero-order valence-corrected chi connectivity index (χ0v) is 13.6. The lowest BCUT2D eigenvalue weighted by Crippen LogP contribution is -1.88. The molecule has 24 heavy (non-hydrogen) atoms. The predicted octanol–water partition coefficient (Wildman–Crippen LogP) is 4.34. The van der Waals surface area contributed by atoms with Crippen LogP contribution in [0.25, 0.3) is 22.5 Å². The first-order valence-electron chi connectivity index (χ1n) is 7.99. The van der Waals surface area contributed by atoms with Gasteiger partial charge in [0.15, 0.2) is 11.5 Å². The SMILES string of the molecule is CCc1nc2cc(-c3noc(Cc4ccc(C)cc4)n3)ccc2o1. The summed E-state index contributed by atoms with van der Waals surface area (Å²) in [5.41, 5.74) is 4.85. The largest absolute Gasteiger partial charge is 0.441 e. The second-order valence-corrected chi connectivity index (χ2v) is 5.82. The van der Waals surface area contributed by atoms with Crippen molar-refractivity contribution in [3.05, 3.63) is 65.4 Å². The van der Waals surface area contributed by atoms with Crippen molar-refractivity contribution in [2.45, 2.75) is 26.7 Å². The zero-order chi connectivity index (χ0) is 16.5. The van der Waals surface area contributed by atoms with Gasteiger partial charge in [-0.15, -0.1) is 0 Å². The number of fused-ring (bicyclic) bond motifs is 1. The van der Waals surface area contributed by atoms with Gasteiger partial charge in [0.25, 0.3) is 0 Å². The van der Waals surface area contributed by atoms with Crippen LogP contribution in [0.15, 0.2) is 51.4 Å². The molecule has 5 heteroatoms. The molecule has 120 valence electrons. The molecular weight excluding hydrogens is 302 g/mol. The topological polar surface area (TPSA) is 65.0 Å².